The molecule has 0 unspecified atom stereocenters. The lowest BCUT2D eigenvalue weighted by Crippen LogP contribution is -2.32. The molecule has 0 saturated carbocycles. The number of amides is 2. The Bertz CT molecular complexity index is 852. The van der Waals surface area contributed by atoms with Crippen LogP contribution in [0, 0.1) is 0 Å². The number of ether oxygens (including phenoxy) is 2. The molecule has 2 aromatic rings. The molecule has 0 radical (unpaired) electrons. The van der Waals surface area contributed by atoms with Crippen LogP contribution in [-0.4, -0.2) is 42.2 Å². The maximum absolute atomic E-state index is 12.4. The van der Waals surface area contributed by atoms with Crippen molar-refractivity contribution in [3.05, 3.63) is 53.6 Å². The third kappa shape index (κ3) is 3.88. The van der Waals surface area contributed by atoms with E-state index < -0.39 is 5.91 Å². The van der Waals surface area contributed by atoms with Crippen LogP contribution in [0.15, 0.2) is 42.5 Å². The van der Waals surface area contributed by atoms with Gasteiger partial charge in [0.05, 0.1) is 19.4 Å². The number of anilines is 1. The predicted molar refractivity (Wildman–Crippen MR) is 99.2 cm³/mol. The van der Waals surface area contributed by atoms with Gasteiger partial charge in [-0.25, -0.2) is 0 Å². The largest absolute Gasteiger partial charge is 0.493 e. The van der Waals surface area contributed by atoms with Crippen molar-refractivity contribution in [2.45, 2.75) is 19.9 Å². The van der Waals surface area contributed by atoms with E-state index in [1.165, 1.54) is 13.2 Å². The Morgan fingerprint density at radius 1 is 1.22 bits per heavy atom. The molecule has 0 aromatic heterocycles. The molecule has 7 heteroatoms. The summed E-state index contributed by atoms with van der Waals surface area (Å²) < 4.78 is 10.7. The number of fused-ring (bicyclic) bond motifs is 1. The van der Waals surface area contributed by atoms with Gasteiger partial charge < -0.3 is 14.4 Å². The topological polar surface area (TPSA) is 79.3 Å². The summed E-state index contributed by atoms with van der Waals surface area (Å²) in [6.07, 6.45) is 0.00618. The average molecular weight is 370 g/mol. The molecule has 2 aromatic carbocycles. The van der Waals surface area contributed by atoms with E-state index in [0.29, 0.717) is 35.3 Å². The number of carbonyl (C=O) groups is 2. The van der Waals surface area contributed by atoms with Crippen molar-refractivity contribution in [2.75, 3.05) is 25.3 Å². The third-order valence-corrected chi connectivity index (χ3v) is 4.42. The Kier molecular flexibility index (Phi) is 5.61. The molecule has 0 aliphatic carbocycles. The molecule has 27 heavy (non-hydrogen) atoms. The van der Waals surface area contributed by atoms with Gasteiger partial charge in [0.1, 0.15) is 0 Å². The van der Waals surface area contributed by atoms with E-state index in [-0.39, 0.29) is 24.6 Å². The van der Waals surface area contributed by atoms with Gasteiger partial charge in [-0.3, -0.25) is 14.8 Å². The fourth-order valence-corrected chi connectivity index (χ4v) is 3.04. The van der Waals surface area contributed by atoms with Crippen molar-refractivity contribution in [3.8, 4) is 11.5 Å². The SMILES string of the molecule is CCOc1cc(N(O)C(=O)CCN2Cc3ccccc3C2=O)ccc1OC. The van der Waals surface area contributed by atoms with Crippen LogP contribution in [0.1, 0.15) is 29.3 Å². The first-order chi connectivity index (χ1) is 13.0. The van der Waals surface area contributed by atoms with Crippen LogP contribution in [0.4, 0.5) is 5.69 Å². The van der Waals surface area contributed by atoms with E-state index in [1.807, 2.05) is 25.1 Å². The van der Waals surface area contributed by atoms with Gasteiger partial charge in [-0.1, -0.05) is 18.2 Å². The molecule has 0 fully saturated rings. The number of hydrogen-bond acceptors (Lipinski definition) is 5. The van der Waals surface area contributed by atoms with Crippen molar-refractivity contribution in [3.63, 3.8) is 0 Å². The number of carbonyl (C=O) groups excluding carboxylic acids is 2. The number of hydrogen-bond donors (Lipinski definition) is 1. The highest BCUT2D eigenvalue weighted by atomic mass is 16.5. The Hall–Kier alpha value is -3.06. The molecule has 1 aliphatic rings. The molecule has 142 valence electrons. The highest BCUT2D eigenvalue weighted by molar-refractivity contribution is 5.99. The summed E-state index contributed by atoms with van der Waals surface area (Å²) in [5, 5.41) is 10.8. The second kappa shape index (κ2) is 8.09. The highest BCUT2D eigenvalue weighted by Crippen LogP contribution is 2.31. The number of methoxy groups -OCH3 is 1. The molecule has 0 spiro atoms. The summed E-state index contributed by atoms with van der Waals surface area (Å²) in [6, 6.07) is 12.1. The first-order valence-corrected chi connectivity index (χ1v) is 8.75. The van der Waals surface area contributed by atoms with E-state index >= 15 is 0 Å². The quantitative estimate of drug-likeness (QED) is 0.599. The first kappa shape index (κ1) is 18.7. The van der Waals surface area contributed by atoms with Crippen molar-refractivity contribution in [2.24, 2.45) is 0 Å². The van der Waals surface area contributed by atoms with Gasteiger partial charge in [-0.15, -0.1) is 0 Å². The van der Waals surface area contributed by atoms with E-state index in [2.05, 4.69) is 0 Å². The number of benzene rings is 2. The van der Waals surface area contributed by atoms with Crippen molar-refractivity contribution in [1.29, 1.82) is 0 Å². The molecule has 0 bridgehead atoms. The lowest BCUT2D eigenvalue weighted by molar-refractivity contribution is -0.123. The number of rotatable bonds is 7. The van der Waals surface area contributed by atoms with Crippen LogP contribution >= 0.6 is 0 Å². The minimum absolute atomic E-state index is 0.00618. The summed E-state index contributed by atoms with van der Waals surface area (Å²) in [6.45, 7) is 2.97. The minimum atomic E-state index is -0.508. The molecule has 3 rings (SSSR count). The van der Waals surface area contributed by atoms with Gasteiger partial charge in [-0.2, -0.15) is 5.06 Å². The molecule has 0 atom stereocenters. The number of nitrogens with zero attached hydrogens (tertiary/aromatic N) is 2. The zero-order chi connectivity index (χ0) is 19.4. The van der Waals surface area contributed by atoms with E-state index in [0.717, 1.165) is 5.56 Å². The van der Waals surface area contributed by atoms with Crippen LogP contribution in [-0.2, 0) is 11.3 Å². The maximum atomic E-state index is 12.4. The van der Waals surface area contributed by atoms with Crippen molar-refractivity contribution in [1.82, 2.24) is 4.90 Å². The van der Waals surface area contributed by atoms with Crippen molar-refractivity contribution < 1.29 is 24.3 Å². The number of hydroxylamine groups is 1. The normalized spacial score (nSPS) is 12.7. The first-order valence-electron chi connectivity index (χ1n) is 8.75. The van der Waals surface area contributed by atoms with E-state index in [9.17, 15) is 14.8 Å². The summed E-state index contributed by atoms with van der Waals surface area (Å²) >= 11 is 0. The van der Waals surface area contributed by atoms with Crippen LogP contribution in [0.3, 0.4) is 0 Å². The zero-order valence-corrected chi connectivity index (χ0v) is 15.3. The lowest BCUT2D eigenvalue weighted by atomic mass is 10.1. The monoisotopic (exact) mass is 370 g/mol. The highest BCUT2D eigenvalue weighted by Gasteiger charge is 2.27. The zero-order valence-electron chi connectivity index (χ0n) is 15.3. The van der Waals surface area contributed by atoms with Gasteiger partial charge >= 0.3 is 0 Å². The third-order valence-electron chi connectivity index (χ3n) is 4.42. The minimum Gasteiger partial charge on any atom is -0.493 e. The van der Waals surface area contributed by atoms with Gasteiger partial charge in [0.15, 0.2) is 11.5 Å². The van der Waals surface area contributed by atoms with Gasteiger partial charge in [0.2, 0.25) is 0 Å². The van der Waals surface area contributed by atoms with E-state index in [1.54, 1.807) is 23.1 Å². The Morgan fingerprint density at radius 3 is 2.70 bits per heavy atom. The van der Waals surface area contributed by atoms with Gasteiger partial charge in [0, 0.05) is 31.1 Å². The summed E-state index contributed by atoms with van der Waals surface area (Å²) in [5.41, 5.74) is 1.90. The fraction of sp³-hybridized carbons (Fsp3) is 0.300. The Balaban J connectivity index is 1.63. The molecule has 2 amide bonds. The molecule has 1 N–H and O–H groups in total. The van der Waals surface area contributed by atoms with Gasteiger partial charge in [-0.05, 0) is 30.7 Å². The lowest BCUT2D eigenvalue weighted by Gasteiger charge is -2.20. The molecule has 1 aliphatic heterocycles. The van der Waals surface area contributed by atoms with E-state index in [4.69, 9.17) is 9.47 Å². The standard InChI is InChI=1S/C20H22N2O5/c1-3-27-18-12-15(8-9-17(18)26-2)22(25)19(23)10-11-21-13-14-6-4-5-7-16(14)20(21)24/h4-9,12,25H,3,10-11,13H2,1-2H3. The van der Waals surface area contributed by atoms with Crippen LogP contribution in [0.2, 0.25) is 0 Å². The molecule has 7 nitrogen and oxygen atoms in total. The van der Waals surface area contributed by atoms with Crippen LogP contribution in [0.25, 0.3) is 0 Å². The molecular formula is C20H22N2O5. The average Bonchev–Trinajstić information content (AvgIpc) is 3.01. The Morgan fingerprint density at radius 2 is 2.00 bits per heavy atom. The van der Waals surface area contributed by atoms with Gasteiger partial charge in [0.25, 0.3) is 11.8 Å². The van der Waals surface area contributed by atoms with Crippen molar-refractivity contribution >= 4 is 17.5 Å². The molecule has 0 saturated heterocycles. The maximum Gasteiger partial charge on any atom is 0.254 e. The smallest absolute Gasteiger partial charge is 0.254 e. The second-order valence-electron chi connectivity index (χ2n) is 6.11. The summed E-state index contributed by atoms with van der Waals surface area (Å²) in [5.74, 6) is 0.355. The molecule has 1 heterocycles. The molecular weight excluding hydrogens is 348 g/mol. The van der Waals surface area contributed by atoms with Crippen LogP contribution in [0.5, 0.6) is 11.5 Å². The second-order valence-corrected chi connectivity index (χ2v) is 6.11. The predicted octanol–water partition coefficient (Wildman–Crippen LogP) is 2.86. The van der Waals surface area contributed by atoms with Crippen LogP contribution < -0.4 is 14.5 Å². The fourth-order valence-electron chi connectivity index (χ4n) is 3.04. The summed E-state index contributed by atoms with van der Waals surface area (Å²) in [4.78, 5) is 26.3. The Labute approximate surface area is 157 Å². The summed E-state index contributed by atoms with van der Waals surface area (Å²) in [7, 11) is 1.52.